The first-order valence-corrected chi connectivity index (χ1v) is 19.2. The molecule has 0 bridgehead atoms. The number of carbonyl (C=O) groups is 2. The molecule has 262 valence electrons. The van der Waals surface area contributed by atoms with E-state index in [1.807, 2.05) is 44.2 Å². The molecule has 3 rings (SSSR count). The molecule has 0 heterocycles. The SMILES string of the molecule is Cc1ccc(S(=O)(=O)N(CCCNC=O)CCCN(CCCN(CCCNC=O)S(=O)(=O)c2ccc(C)cc2)Cc2ccccc2)cc1. The molecular weight excluding hydrogens is 651 g/mol. The van der Waals surface area contributed by atoms with E-state index in [0.717, 1.165) is 16.7 Å². The van der Waals surface area contributed by atoms with Crippen molar-refractivity contribution < 1.29 is 26.4 Å². The molecule has 0 aliphatic carbocycles. The number of carbonyl (C=O) groups excluding carboxylic acids is 2. The van der Waals surface area contributed by atoms with Gasteiger partial charge >= 0.3 is 0 Å². The van der Waals surface area contributed by atoms with E-state index in [2.05, 4.69) is 15.5 Å². The summed E-state index contributed by atoms with van der Waals surface area (Å²) in [5.41, 5.74) is 3.04. The molecule has 2 N–H and O–H groups in total. The van der Waals surface area contributed by atoms with Crippen LogP contribution in [0.3, 0.4) is 0 Å². The summed E-state index contributed by atoms with van der Waals surface area (Å²) in [6.45, 7) is 7.48. The molecule has 3 aromatic rings. The highest BCUT2D eigenvalue weighted by Gasteiger charge is 2.26. The van der Waals surface area contributed by atoms with Crippen LogP contribution in [0.5, 0.6) is 0 Å². The topological polar surface area (TPSA) is 136 Å². The summed E-state index contributed by atoms with van der Waals surface area (Å²) >= 11 is 0. The van der Waals surface area contributed by atoms with Crippen LogP contribution in [0.25, 0.3) is 0 Å². The zero-order valence-corrected chi connectivity index (χ0v) is 29.6. The lowest BCUT2D eigenvalue weighted by molar-refractivity contribution is -0.110. The smallest absolute Gasteiger partial charge is 0.243 e. The second-order valence-electron chi connectivity index (χ2n) is 11.8. The Bertz CT molecular complexity index is 1500. The van der Waals surface area contributed by atoms with Crippen molar-refractivity contribution in [3.63, 3.8) is 0 Å². The van der Waals surface area contributed by atoms with E-state index < -0.39 is 20.0 Å². The van der Waals surface area contributed by atoms with Crippen molar-refractivity contribution in [2.75, 3.05) is 52.4 Å². The number of benzene rings is 3. The van der Waals surface area contributed by atoms with E-state index >= 15 is 0 Å². The van der Waals surface area contributed by atoms with Crippen LogP contribution in [-0.2, 0) is 36.2 Å². The van der Waals surface area contributed by atoms with Crippen LogP contribution >= 0.6 is 0 Å². The maximum atomic E-state index is 13.6. The molecule has 0 radical (unpaired) electrons. The molecule has 0 aromatic heterocycles. The Morgan fingerprint density at radius 2 is 0.938 bits per heavy atom. The van der Waals surface area contributed by atoms with Crippen LogP contribution in [0.1, 0.15) is 42.4 Å². The van der Waals surface area contributed by atoms with Gasteiger partial charge in [-0.2, -0.15) is 8.61 Å². The maximum Gasteiger partial charge on any atom is 0.243 e. The highest BCUT2D eigenvalue weighted by atomic mass is 32.2. The lowest BCUT2D eigenvalue weighted by Gasteiger charge is -2.27. The molecule has 0 spiro atoms. The van der Waals surface area contributed by atoms with Crippen LogP contribution in [0.4, 0.5) is 0 Å². The Morgan fingerprint density at radius 3 is 1.33 bits per heavy atom. The summed E-state index contributed by atoms with van der Waals surface area (Å²) in [6, 6.07) is 23.6. The third-order valence-electron chi connectivity index (χ3n) is 7.95. The van der Waals surface area contributed by atoms with Gasteiger partial charge in [-0.1, -0.05) is 65.7 Å². The van der Waals surface area contributed by atoms with Gasteiger partial charge in [0.05, 0.1) is 9.79 Å². The van der Waals surface area contributed by atoms with Gasteiger partial charge in [-0.05, 0) is 82.4 Å². The van der Waals surface area contributed by atoms with Crippen LogP contribution in [0.2, 0.25) is 0 Å². The van der Waals surface area contributed by atoms with Gasteiger partial charge in [0.2, 0.25) is 32.9 Å². The summed E-state index contributed by atoms with van der Waals surface area (Å²) in [5, 5.41) is 5.20. The minimum Gasteiger partial charge on any atom is -0.359 e. The van der Waals surface area contributed by atoms with Gasteiger partial charge in [0, 0.05) is 45.8 Å². The minimum atomic E-state index is -3.75. The summed E-state index contributed by atoms with van der Waals surface area (Å²) in [7, 11) is -7.50. The fourth-order valence-corrected chi connectivity index (χ4v) is 8.34. The molecule has 13 heteroatoms. The van der Waals surface area contributed by atoms with Crippen LogP contribution < -0.4 is 10.6 Å². The number of nitrogens with zero attached hydrogens (tertiary/aromatic N) is 3. The Morgan fingerprint density at radius 1 is 0.542 bits per heavy atom. The van der Waals surface area contributed by atoms with Crippen molar-refractivity contribution in [2.45, 2.75) is 55.9 Å². The molecule has 0 aliphatic heterocycles. The van der Waals surface area contributed by atoms with Gasteiger partial charge in [-0.3, -0.25) is 14.5 Å². The lowest BCUT2D eigenvalue weighted by atomic mass is 10.2. The number of sulfonamides is 2. The number of hydrogen-bond acceptors (Lipinski definition) is 7. The molecule has 48 heavy (non-hydrogen) atoms. The Kier molecular flexibility index (Phi) is 16.2. The molecule has 0 aliphatic rings. The molecule has 3 aromatic carbocycles. The van der Waals surface area contributed by atoms with Crippen molar-refractivity contribution in [3.05, 3.63) is 95.6 Å². The average molecular weight is 700 g/mol. The zero-order valence-electron chi connectivity index (χ0n) is 28.0. The van der Waals surface area contributed by atoms with Crippen molar-refractivity contribution in [1.82, 2.24) is 24.1 Å². The lowest BCUT2D eigenvalue weighted by Crippen LogP contribution is -2.37. The number of amides is 2. The summed E-state index contributed by atoms with van der Waals surface area (Å²) in [6.07, 6.45) is 3.28. The number of nitrogens with one attached hydrogen (secondary N) is 2. The first kappa shape index (κ1) is 38.8. The fraction of sp³-hybridized carbons (Fsp3) is 0.429. The minimum absolute atomic E-state index is 0.232. The monoisotopic (exact) mass is 699 g/mol. The number of rotatable bonds is 24. The molecule has 0 fully saturated rings. The summed E-state index contributed by atoms with van der Waals surface area (Å²) < 4.78 is 57.4. The molecule has 11 nitrogen and oxygen atoms in total. The highest BCUT2D eigenvalue weighted by Crippen LogP contribution is 2.19. The van der Waals surface area contributed by atoms with Crippen molar-refractivity contribution in [1.29, 1.82) is 0 Å². The van der Waals surface area contributed by atoms with Crippen molar-refractivity contribution in [2.24, 2.45) is 0 Å². The number of hydrogen-bond donors (Lipinski definition) is 2. The van der Waals surface area contributed by atoms with Crippen LogP contribution in [0, 0.1) is 13.8 Å². The van der Waals surface area contributed by atoms with E-state index in [1.165, 1.54) is 8.61 Å². The third-order valence-corrected chi connectivity index (χ3v) is 11.8. The molecule has 0 saturated carbocycles. The predicted octanol–water partition coefficient (Wildman–Crippen LogP) is 3.54. The fourth-order valence-electron chi connectivity index (χ4n) is 5.31. The predicted molar refractivity (Wildman–Crippen MR) is 188 cm³/mol. The quantitative estimate of drug-likeness (QED) is 0.108. The largest absolute Gasteiger partial charge is 0.359 e. The van der Waals surface area contributed by atoms with Gasteiger partial charge < -0.3 is 10.6 Å². The van der Waals surface area contributed by atoms with Gasteiger partial charge in [0.25, 0.3) is 0 Å². The number of aryl methyl sites for hydroxylation is 2. The van der Waals surface area contributed by atoms with Gasteiger partial charge in [0.1, 0.15) is 0 Å². The van der Waals surface area contributed by atoms with Gasteiger partial charge in [0.15, 0.2) is 0 Å². The summed E-state index contributed by atoms with van der Waals surface area (Å²) in [4.78, 5) is 24.2. The average Bonchev–Trinajstić information content (AvgIpc) is 3.07. The first-order valence-electron chi connectivity index (χ1n) is 16.3. The van der Waals surface area contributed by atoms with E-state index in [4.69, 9.17) is 0 Å². The normalized spacial score (nSPS) is 12.0. The Balaban J connectivity index is 1.72. The second kappa shape index (κ2) is 20.0. The molecule has 0 saturated heterocycles. The molecule has 0 unspecified atom stereocenters. The van der Waals surface area contributed by atoms with Crippen LogP contribution in [-0.4, -0.2) is 95.5 Å². The Hall–Kier alpha value is -3.62. The first-order chi connectivity index (χ1) is 23.1. The maximum absolute atomic E-state index is 13.6. The highest BCUT2D eigenvalue weighted by molar-refractivity contribution is 7.89. The van der Waals surface area contributed by atoms with E-state index in [-0.39, 0.29) is 22.9 Å². The second-order valence-corrected chi connectivity index (χ2v) is 15.6. The van der Waals surface area contributed by atoms with Crippen LogP contribution in [0.15, 0.2) is 88.7 Å². The van der Waals surface area contributed by atoms with Gasteiger partial charge in [-0.15, -0.1) is 0 Å². The van der Waals surface area contributed by atoms with E-state index in [0.29, 0.717) is 84.3 Å². The molecular formula is C35H49N5O6S2. The van der Waals surface area contributed by atoms with Gasteiger partial charge in [-0.25, -0.2) is 16.8 Å². The Labute approximate surface area is 286 Å². The molecule has 2 amide bonds. The third kappa shape index (κ3) is 12.4. The summed E-state index contributed by atoms with van der Waals surface area (Å²) in [5.74, 6) is 0. The standard InChI is InChI=1S/C35H49N5O6S2/c1-31-12-16-34(17-13-31)47(43,44)39(24-6-20-36-29-41)26-8-22-38(28-33-10-4-3-5-11-33)23-9-27-40(25-7-21-37-30-42)48(45,46)35-18-14-32(2)15-19-35/h3-5,10-19,29-30H,6-9,20-28H2,1-2H3,(H,36,41)(H,37,42). The molecule has 0 atom stereocenters. The van der Waals surface area contributed by atoms with E-state index in [9.17, 15) is 26.4 Å². The van der Waals surface area contributed by atoms with Crippen molar-refractivity contribution in [3.8, 4) is 0 Å². The zero-order chi connectivity index (χ0) is 34.8. The van der Waals surface area contributed by atoms with Crippen molar-refractivity contribution >= 4 is 32.9 Å². The van der Waals surface area contributed by atoms with E-state index in [1.54, 1.807) is 48.5 Å².